The number of sulfonamides is 1. The van der Waals surface area contributed by atoms with Gasteiger partial charge in [-0.25, -0.2) is 26.5 Å². The molecule has 176 valence electrons. The zero-order chi connectivity index (χ0) is 24.3. The zero-order valence-corrected chi connectivity index (χ0v) is 19.1. The summed E-state index contributed by atoms with van der Waals surface area (Å²) in [5.41, 5.74) is 0.333. The van der Waals surface area contributed by atoms with Crippen molar-refractivity contribution < 1.29 is 31.1 Å². The Morgan fingerprint density at radius 3 is 2.39 bits per heavy atom. The van der Waals surface area contributed by atoms with Gasteiger partial charge in [-0.15, -0.1) is 0 Å². The molecule has 0 aliphatic rings. The van der Waals surface area contributed by atoms with Crippen LogP contribution in [0.15, 0.2) is 47.4 Å². The van der Waals surface area contributed by atoms with E-state index in [4.69, 9.17) is 9.47 Å². The first-order valence-corrected chi connectivity index (χ1v) is 11.1. The largest absolute Gasteiger partial charge is 0.497 e. The van der Waals surface area contributed by atoms with E-state index in [1.165, 1.54) is 52.5 Å². The quantitative estimate of drug-likeness (QED) is 0.485. The third-order valence-electron chi connectivity index (χ3n) is 5.00. The molecule has 0 fully saturated rings. The van der Waals surface area contributed by atoms with E-state index in [0.29, 0.717) is 15.6 Å². The molecule has 0 spiro atoms. The summed E-state index contributed by atoms with van der Waals surface area (Å²) in [4.78, 5) is 2.45. The summed E-state index contributed by atoms with van der Waals surface area (Å²) < 4.78 is 82.1. The van der Waals surface area contributed by atoms with E-state index in [9.17, 15) is 17.2 Å². The van der Waals surface area contributed by atoms with Gasteiger partial charge in [0.2, 0.25) is 5.95 Å². The molecule has 3 aromatic rings. The Morgan fingerprint density at radius 1 is 1.06 bits per heavy atom. The Hall–Kier alpha value is -3.47. The molecule has 0 bridgehead atoms. The maximum absolute atomic E-state index is 15.1. The van der Waals surface area contributed by atoms with Crippen molar-refractivity contribution in [1.82, 2.24) is 4.98 Å². The fourth-order valence-corrected chi connectivity index (χ4v) is 4.83. The van der Waals surface area contributed by atoms with Gasteiger partial charge < -0.3 is 14.8 Å². The van der Waals surface area contributed by atoms with Crippen LogP contribution in [0.4, 0.5) is 24.7 Å². The lowest BCUT2D eigenvalue weighted by Crippen LogP contribution is -2.33. The minimum atomic E-state index is -4.88. The van der Waals surface area contributed by atoms with E-state index in [1.54, 1.807) is 6.07 Å². The summed E-state index contributed by atoms with van der Waals surface area (Å²) >= 11 is 0. The van der Waals surface area contributed by atoms with Crippen molar-refractivity contribution in [2.24, 2.45) is 0 Å². The molecule has 3 rings (SSSR count). The van der Waals surface area contributed by atoms with Crippen molar-refractivity contribution in [1.29, 1.82) is 0 Å². The molecule has 2 aromatic carbocycles. The van der Waals surface area contributed by atoms with Gasteiger partial charge in [0, 0.05) is 29.9 Å². The second-order valence-electron chi connectivity index (χ2n) is 6.93. The number of pyridine rings is 1. The second kappa shape index (κ2) is 9.57. The van der Waals surface area contributed by atoms with Gasteiger partial charge in [-0.1, -0.05) is 6.07 Å². The number of methoxy groups -OCH3 is 2. The average molecular weight is 481 g/mol. The molecule has 0 atom stereocenters. The van der Waals surface area contributed by atoms with Crippen LogP contribution >= 0.6 is 0 Å². The van der Waals surface area contributed by atoms with E-state index < -0.39 is 39.0 Å². The summed E-state index contributed by atoms with van der Waals surface area (Å²) in [6.45, 7) is 0.870. The van der Waals surface area contributed by atoms with Crippen molar-refractivity contribution in [2.45, 2.75) is 18.4 Å². The smallest absolute Gasteiger partial charge is 0.271 e. The molecule has 1 aromatic heterocycles. The predicted octanol–water partition coefficient (Wildman–Crippen LogP) is 4.26. The lowest BCUT2D eigenvalue weighted by atomic mass is 10.2. The maximum Gasteiger partial charge on any atom is 0.271 e. The van der Waals surface area contributed by atoms with Crippen LogP contribution in [-0.4, -0.2) is 34.7 Å². The van der Waals surface area contributed by atoms with E-state index >= 15 is 4.39 Å². The standard InChI is InChI=1S/C22H22F3N3O4S/c1-13-17(26-2)11-16(23)22(21(13)25)33(29,30)28(20-7-5-6-19(24)27-20)12-14-8-9-15(31-3)10-18(14)32-4/h5-11,26H,12H2,1-4H3. The highest BCUT2D eigenvalue weighted by Gasteiger charge is 2.34. The Bertz CT molecular complexity index is 1290. The van der Waals surface area contributed by atoms with Crippen LogP contribution < -0.4 is 19.1 Å². The molecule has 0 saturated heterocycles. The van der Waals surface area contributed by atoms with Gasteiger partial charge in [-0.3, -0.25) is 0 Å². The van der Waals surface area contributed by atoms with Crippen molar-refractivity contribution in [2.75, 3.05) is 30.9 Å². The molecule has 1 heterocycles. The number of anilines is 2. The van der Waals surface area contributed by atoms with Crippen LogP contribution in [0.2, 0.25) is 0 Å². The lowest BCUT2D eigenvalue weighted by molar-refractivity contribution is 0.391. The van der Waals surface area contributed by atoms with Crippen LogP contribution in [-0.2, 0) is 16.6 Å². The van der Waals surface area contributed by atoms with Crippen molar-refractivity contribution in [3.8, 4) is 11.5 Å². The fourth-order valence-electron chi connectivity index (χ4n) is 3.26. The Labute approximate surface area is 189 Å². The number of nitrogens with one attached hydrogen (secondary N) is 1. The van der Waals surface area contributed by atoms with Crippen molar-refractivity contribution in [3.63, 3.8) is 0 Å². The molecule has 11 heteroatoms. The van der Waals surface area contributed by atoms with Gasteiger partial charge >= 0.3 is 0 Å². The number of hydrogen-bond acceptors (Lipinski definition) is 6. The highest BCUT2D eigenvalue weighted by molar-refractivity contribution is 7.92. The number of benzene rings is 2. The number of aromatic nitrogens is 1. The van der Waals surface area contributed by atoms with E-state index in [0.717, 1.165) is 12.1 Å². The first-order chi connectivity index (χ1) is 15.6. The summed E-state index contributed by atoms with van der Waals surface area (Å²) in [5, 5.41) is 2.61. The molecule has 0 saturated carbocycles. The Kier molecular flexibility index (Phi) is 7.01. The average Bonchev–Trinajstić information content (AvgIpc) is 2.79. The number of hydrogen-bond donors (Lipinski definition) is 1. The highest BCUT2D eigenvalue weighted by atomic mass is 32.2. The highest BCUT2D eigenvalue weighted by Crippen LogP contribution is 2.34. The van der Waals surface area contributed by atoms with Crippen molar-refractivity contribution in [3.05, 3.63) is 71.2 Å². The van der Waals surface area contributed by atoms with Gasteiger partial charge in [-0.2, -0.15) is 4.39 Å². The van der Waals surface area contributed by atoms with Crippen LogP contribution in [0.5, 0.6) is 11.5 Å². The number of halogens is 3. The molecular formula is C22H22F3N3O4S. The fraction of sp³-hybridized carbons (Fsp3) is 0.227. The molecule has 0 aliphatic heterocycles. The van der Waals surface area contributed by atoms with Crippen LogP contribution in [0, 0.1) is 24.5 Å². The third-order valence-corrected chi connectivity index (χ3v) is 6.79. The minimum Gasteiger partial charge on any atom is -0.497 e. The molecule has 0 radical (unpaired) electrons. The second-order valence-corrected chi connectivity index (χ2v) is 8.73. The number of ether oxygens (including phenoxy) is 2. The normalized spacial score (nSPS) is 11.2. The van der Waals surface area contributed by atoms with E-state index in [2.05, 4.69) is 10.3 Å². The van der Waals surface area contributed by atoms with Gasteiger partial charge in [-0.05, 0) is 37.3 Å². The topological polar surface area (TPSA) is 80.8 Å². The predicted molar refractivity (Wildman–Crippen MR) is 118 cm³/mol. The van der Waals surface area contributed by atoms with Crippen LogP contribution in [0.1, 0.15) is 11.1 Å². The summed E-state index contributed by atoms with van der Waals surface area (Å²) in [5.74, 6) is -3.18. The SMILES string of the molecule is CNc1cc(F)c(S(=O)(=O)N(Cc2ccc(OC)cc2OC)c2cccc(F)n2)c(F)c1C. The molecule has 0 aliphatic carbocycles. The summed E-state index contributed by atoms with van der Waals surface area (Å²) in [6, 6.07) is 8.99. The minimum absolute atomic E-state index is 0.0911. The Morgan fingerprint density at radius 2 is 1.79 bits per heavy atom. The Balaban J connectivity index is 2.22. The molecule has 1 N–H and O–H groups in total. The van der Waals surface area contributed by atoms with E-state index in [1.807, 2.05) is 0 Å². The maximum atomic E-state index is 15.1. The molecular weight excluding hydrogens is 459 g/mol. The van der Waals surface area contributed by atoms with E-state index in [-0.39, 0.29) is 22.8 Å². The third kappa shape index (κ3) is 4.68. The van der Waals surface area contributed by atoms with Crippen LogP contribution in [0.25, 0.3) is 0 Å². The first kappa shape index (κ1) is 24.2. The van der Waals surface area contributed by atoms with Gasteiger partial charge in [0.25, 0.3) is 10.0 Å². The summed E-state index contributed by atoms with van der Waals surface area (Å²) in [6.07, 6.45) is 0. The number of rotatable bonds is 8. The van der Waals surface area contributed by atoms with Gasteiger partial charge in [0.05, 0.1) is 20.8 Å². The molecule has 7 nitrogen and oxygen atoms in total. The number of nitrogens with zero attached hydrogens (tertiary/aromatic N) is 2. The van der Waals surface area contributed by atoms with Gasteiger partial charge in [0.1, 0.15) is 23.1 Å². The molecule has 0 unspecified atom stereocenters. The lowest BCUT2D eigenvalue weighted by Gasteiger charge is -2.25. The van der Waals surface area contributed by atoms with Crippen LogP contribution in [0.3, 0.4) is 0 Å². The molecule has 0 amide bonds. The first-order valence-electron chi connectivity index (χ1n) is 9.66. The molecule has 33 heavy (non-hydrogen) atoms. The zero-order valence-electron chi connectivity index (χ0n) is 18.3. The summed E-state index contributed by atoms with van der Waals surface area (Å²) in [7, 11) is -0.606. The van der Waals surface area contributed by atoms with Gasteiger partial charge in [0.15, 0.2) is 10.7 Å². The van der Waals surface area contributed by atoms with Crippen molar-refractivity contribution >= 4 is 21.5 Å². The monoisotopic (exact) mass is 481 g/mol.